The van der Waals surface area contributed by atoms with Crippen molar-refractivity contribution in [2.75, 3.05) is 6.54 Å². The zero-order valence-electron chi connectivity index (χ0n) is 10.1. The maximum atomic E-state index is 12.4. The molecule has 0 unspecified atom stereocenters. The summed E-state index contributed by atoms with van der Waals surface area (Å²) in [5, 5.41) is 10.5. The van der Waals surface area contributed by atoms with Crippen LogP contribution in [0.5, 0.6) is 0 Å². The summed E-state index contributed by atoms with van der Waals surface area (Å²) in [5.74, 6) is 0. The second kappa shape index (κ2) is 5.97. The number of hydrogen-bond acceptors (Lipinski definition) is 4. The van der Waals surface area contributed by atoms with Crippen molar-refractivity contribution < 1.29 is 8.42 Å². The van der Waals surface area contributed by atoms with Crippen LogP contribution in [0.25, 0.3) is 0 Å². The minimum absolute atomic E-state index is 0.158. The zero-order valence-corrected chi connectivity index (χ0v) is 11.7. The first-order chi connectivity index (χ1) is 9.14. The first-order valence-electron chi connectivity index (χ1n) is 5.59. The minimum Gasteiger partial charge on any atom is -0.206 e. The maximum absolute atomic E-state index is 12.4. The fourth-order valence-corrected chi connectivity index (χ4v) is 4.10. The monoisotopic (exact) mass is 292 g/mol. The van der Waals surface area contributed by atoms with Gasteiger partial charge in [-0.15, -0.1) is 11.3 Å². The number of nitrogens with zero attached hydrogens (tertiary/aromatic N) is 2. The average molecular weight is 292 g/mol. The van der Waals surface area contributed by atoms with Gasteiger partial charge in [-0.05, 0) is 17.0 Å². The van der Waals surface area contributed by atoms with Gasteiger partial charge in [0.1, 0.15) is 10.8 Å². The summed E-state index contributed by atoms with van der Waals surface area (Å²) < 4.78 is 26.2. The van der Waals surface area contributed by atoms with Crippen molar-refractivity contribution in [1.29, 1.82) is 5.26 Å². The highest BCUT2D eigenvalue weighted by atomic mass is 32.2. The van der Waals surface area contributed by atoms with Crippen molar-refractivity contribution in [2.24, 2.45) is 0 Å². The van der Waals surface area contributed by atoms with E-state index in [9.17, 15) is 8.42 Å². The molecule has 1 heterocycles. The van der Waals surface area contributed by atoms with E-state index in [-0.39, 0.29) is 17.3 Å². The molecule has 6 heteroatoms. The molecule has 19 heavy (non-hydrogen) atoms. The Balaban J connectivity index is 2.29. The van der Waals surface area contributed by atoms with E-state index in [1.165, 1.54) is 4.31 Å². The van der Waals surface area contributed by atoms with Gasteiger partial charge < -0.3 is 0 Å². The van der Waals surface area contributed by atoms with Crippen molar-refractivity contribution >= 4 is 21.4 Å². The van der Waals surface area contributed by atoms with Crippen molar-refractivity contribution in [2.45, 2.75) is 10.8 Å². The highest BCUT2D eigenvalue weighted by Gasteiger charge is 2.25. The Bertz CT molecular complexity index is 658. The summed E-state index contributed by atoms with van der Waals surface area (Å²) in [7, 11) is -3.59. The third-order valence-electron chi connectivity index (χ3n) is 2.54. The highest BCUT2D eigenvalue weighted by molar-refractivity contribution is 7.91. The van der Waals surface area contributed by atoms with Gasteiger partial charge in [0.2, 0.25) is 0 Å². The summed E-state index contributed by atoms with van der Waals surface area (Å²) in [5.41, 5.74) is 0.859. The predicted octanol–water partition coefficient (Wildman–Crippen LogP) is 2.46. The molecule has 0 radical (unpaired) electrons. The largest absolute Gasteiger partial charge is 0.253 e. The predicted molar refractivity (Wildman–Crippen MR) is 74.0 cm³/mol. The lowest BCUT2D eigenvalue weighted by Crippen LogP contribution is -2.30. The van der Waals surface area contributed by atoms with E-state index in [1.807, 2.05) is 36.4 Å². The van der Waals surface area contributed by atoms with Gasteiger partial charge in [0.05, 0.1) is 6.07 Å². The van der Waals surface area contributed by atoms with E-state index < -0.39 is 10.0 Å². The Hall–Kier alpha value is -1.68. The van der Waals surface area contributed by atoms with Crippen molar-refractivity contribution in [3.63, 3.8) is 0 Å². The molecule has 1 aromatic heterocycles. The second-order valence-electron chi connectivity index (χ2n) is 3.85. The van der Waals surface area contributed by atoms with Gasteiger partial charge in [-0.2, -0.15) is 9.57 Å². The van der Waals surface area contributed by atoms with Crippen LogP contribution >= 0.6 is 11.3 Å². The fraction of sp³-hybridized carbons (Fsp3) is 0.154. The summed E-state index contributed by atoms with van der Waals surface area (Å²) in [6, 6.07) is 14.4. The van der Waals surface area contributed by atoms with Gasteiger partial charge in [0, 0.05) is 6.54 Å². The van der Waals surface area contributed by atoms with Gasteiger partial charge in [-0.25, -0.2) is 8.42 Å². The quantitative estimate of drug-likeness (QED) is 0.795. The van der Waals surface area contributed by atoms with Crippen LogP contribution in [0.4, 0.5) is 0 Å². The topological polar surface area (TPSA) is 61.2 Å². The molecule has 0 saturated carbocycles. The lowest BCUT2D eigenvalue weighted by atomic mass is 10.2. The lowest BCUT2D eigenvalue weighted by molar-refractivity contribution is 0.443. The molecule has 0 spiro atoms. The standard InChI is InChI=1S/C13H12N2O2S2/c14-8-9-15(11-12-5-2-1-3-6-12)19(16,17)13-7-4-10-18-13/h1-7,10H,9,11H2. The Morgan fingerprint density at radius 1 is 1.16 bits per heavy atom. The number of sulfonamides is 1. The van der Waals surface area contributed by atoms with E-state index in [2.05, 4.69) is 0 Å². The van der Waals surface area contributed by atoms with Crippen LogP contribution in [-0.4, -0.2) is 19.3 Å². The molecule has 0 amide bonds. The summed E-state index contributed by atoms with van der Waals surface area (Å²) in [4.78, 5) is 0. The molecule has 0 atom stereocenters. The molecule has 2 rings (SSSR count). The number of nitriles is 1. The van der Waals surface area contributed by atoms with Crippen LogP contribution in [0, 0.1) is 11.3 Å². The molecular formula is C13H12N2O2S2. The molecule has 0 N–H and O–H groups in total. The number of benzene rings is 1. The van der Waals surface area contributed by atoms with Crippen LogP contribution in [0.15, 0.2) is 52.1 Å². The maximum Gasteiger partial charge on any atom is 0.253 e. The first kappa shape index (κ1) is 13.7. The van der Waals surface area contributed by atoms with Crippen LogP contribution in [0.3, 0.4) is 0 Å². The molecule has 0 aliphatic rings. The number of hydrogen-bond donors (Lipinski definition) is 0. The fourth-order valence-electron chi connectivity index (χ4n) is 1.63. The van der Waals surface area contributed by atoms with Crippen LogP contribution < -0.4 is 0 Å². The second-order valence-corrected chi connectivity index (χ2v) is 6.96. The van der Waals surface area contributed by atoms with E-state index in [4.69, 9.17) is 5.26 Å². The molecule has 98 valence electrons. The van der Waals surface area contributed by atoms with Gasteiger partial charge in [-0.3, -0.25) is 0 Å². The lowest BCUT2D eigenvalue weighted by Gasteiger charge is -2.18. The molecule has 0 fully saturated rings. The molecule has 2 aromatic rings. The highest BCUT2D eigenvalue weighted by Crippen LogP contribution is 2.22. The van der Waals surface area contributed by atoms with Crippen LogP contribution in [0.1, 0.15) is 5.56 Å². The third kappa shape index (κ3) is 3.20. The Morgan fingerprint density at radius 2 is 1.89 bits per heavy atom. The minimum atomic E-state index is -3.59. The van der Waals surface area contributed by atoms with Crippen LogP contribution in [-0.2, 0) is 16.6 Å². The summed E-state index contributed by atoms with van der Waals surface area (Å²) in [6.07, 6.45) is 0. The molecule has 4 nitrogen and oxygen atoms in total. The van der Waals surface area contributed by atoms with Gasteiger partial charge in [0.15, 0.2) is 0 Å². The molecule has 0 bridgehead atoms. The van der Waals surface area contributed by atoms with Crippen molar-refractivity contribution in [1.82, 2.24) is 4.31 Å². The summed E-state index contributed by atoms with van der Waals surface area (Å²) in [6.45, 7) is 0.0454. The van der Waals surface area contributed by atoms with Crippen LogP contribution in [0.2, 0.25) is 0 Å². The van der Waals surface area contributed by atoms with Crippen molar-refractivity contribution in [3.8, 4) is 6.07 Å². The SMILES string of the molecule is N#CCN(Cc1ccccc1)S(=O)(=O)c1cccs1. The average Bonchev–Trinajstić information content (AvgIpc) is 2.94. The van der Waals surface area contributed by atoms with E-state index in [0.29, 0.717) is 0 Å². The zero-order chi connectivity index (χ0) is 13.7. The normalized spacial score (nSPS) is 11.4. The molecule has 0 aliphatic carbocycles. The van der Waals surface area contributed by atoms with E-state index >= 15 is 0 Å². The van der Waals surface area contributed by atoms with Gasteiger partial charge >= 0.3 is 0 Å². The Kier molecular flexibility index (Phi) is 4.32. The molecule has 1 aromatic carbocycles. The molecule has 0 saturated heterocycles. The molecule has 0 aliphatic heterocycles. The number of rotatable bonds is 5. The first-order valence-corrected chi connectivity index (χ1v) is 7.91. The molecular weight excluding hydrogens is 280 g/mol. The van der Waals surface area contributed by atoms with Crippen molar-refractivity contribution in [3.05, 3.63) is 53.4 Å². The Morgan fingerprint density at radius 3 is 2.47 bits per heavy atom. The van der Waals surface area contributed by atoms with Gasteiger partial charge in [-0.1, -0.05) is 36.4 Å². The van der Waals surface area contributed by atoms with Gasteiger partial charge in [0.25, 0.3) is 10.0 Å². The van der Waals surface area contributed by atoms with E-state index in [1.54, 1.807) is 17.5 Å². The number of thiophene rings is 1. The third-order valence-corrected chi connectivity index (χ3v) is 5.70. The van der Waals surface area contributed by atoms with E-state index in [0.717, 1.165) is 16.9 Å². The smallest absolute Gasteiger partial charge is 0.206 e. The Labute approximate surface area is 116 Å². The summed E-state index contributed by atoms with van der Waals surface area (Å²) >= 11 is 1.16.